The fourth-order valence-electron chi connectivity index (χ4n) is 9.96. The van der Waals surface area contributed by atoms with Gasteiger partial charge in [0.25, 0.3) is 0 Å². The van der Waals surface area contributed by atoms with E-state index in [9.17, 15) is 0 Å². The van der Waals surface area contributed by atoms with Crippen molar-refractivity contribution in [2.75, 3.05) is 0 Å². The highest BCUT2D eigenvalue weighted by Gasteiger charge is 2.30. The van der Waals surface area contributed by atoms with E-state index in [2.05, 4.69) is 271 Å². The predicted octanol–water partition coefficient (Wildman–Crippen LogP) is 9.92. The smallest absolute Gasteiger partial charge is 0.0214 e. The third-order valence-electron chi connectivity index (χ3n) is 13.2. The first kappa shape index (κ1) is 46.9. The van der Waals surface area contributed by atoms with Crippen molar-refractivity contribution < 1.29 is 0 Å². The quantitative estimate of drug-likeness (QED) is 0.0751. The summed E-state index contributed by atoms with van der Waals surface area (Å²) in [4.78, 5) is 0. The predicted molar refractivity (Wildman–Crippen MR) is 301 cm³/mol. The Hall–Kier alpha value is -5.85. The van der Waals surface area contributed by atoms with Gasteiger partial charge in [-0.1, -0.05) is 255 Å². The van der Waals surface area contributed by atoms with E-state index in [0.29, 0.717) is 18.1 Å². The van der Waals surface area contributed by atoms with Crippen molar-refractivity contribution in [1.82, 2.24) is 16.0 Å². The average Bonchev–Trinajstić information content (AvgIpc) is 3.42. The van der Waals surface area contributed by atoms with Gasteiger partial charge in [0.1, 0.15) is 0 Å². The molecule has 1 aliphatic rings. The molecule has 3 nitrogen and oxygen atoms in total. The molecule has 10 rings (SSSR count). The van der Waals surface area contributed by atoms with Crippen LogP contribution in [0.3, 0.4) is 0 Å². The van der Waals surface area contributed by atoms with E-state index in [1.54, 1.807) is 0 Å². The summed E-state index contributed by atoms with van der Waals surface area (Å²) in [5.74, 6) is 0. The molecule has 0 heterocycles. The molecule has 9 aromatic carbocycles. The van der Waals surface area contributed by atoms with Gasteiger partial charge in [0.05, 0.1) is 0 Å². The summed E-state index contributed by atoms with van der Waals surface area (Å²) in [6.45, 7) is 2.46. The second-order valence-electron chi connectivity index (χ2n) is 17.8. The molecule has 1 aliphatic carbocycles. The minimum atomic E-state index is -0.723. The minimum absolute atomic E-state index is 0.323. The highest BCUT2D eigenvalue weighted by Crippen LogP contribution is 2.37. The Balaban J connectivity index is 0.930. The Morgan fingerprint density at radius 3 is 0.652 bits per heavy atom. The summed E-state index contributed by atoms with van der Waals surface area (Å²) in [7, 11) is -2.17. The minimum Gasteiger partial charge on any atom is -0.310 e. The molecular weight excluding hydrogens is 892 g/mol. The maximum atomic E-state index is 4.17. The van der Waals surface area contributed by atoms with Crippen LogP contribution >= 0.6 is 23.8 Å². The lowest BCUT2D eigenvalue weighted by Gasteiger charge is -2.37. The van der Waals surface area contributed by atoms with Crippen LogP contribution in [0.2, 0.25) is 0 Å². The first-order valence-electron chi connectivity index (χ1n) is 24.4. The number of benzene rings is 9. The van der Waals surface area contributed by atoms with Crippen molar-refractivity contribution in [3.63, 3.8) is 0 Å². The summed E-state index contributed by atoms with van der Waals surface area (Å²) in [5, 5.41) is 25.1. The summed E-state index contributed by atoms with van der Waals surface area (Å²) < 4.78 is 0. The van der Waals surface area contributed by atoms with Crippen molar-refractivity contribution >= 4 is 71.5 Å². The van der Waals surface area contributed by atoms with E-state index in [1.807, 2.05) is 0 Å². The molecule has 0 aliphatic heterocycles. The van der Waals surface area contributed by atoms with Crippen molar-refractivity contribution in [3.8, 4) is 0 Å². The van der Waals surface area contributed by atoms with Crippen LogP contribution in [0.15, 0.2) is 255 Å². The summed E-state index contributed by atoms with van der Waals surface area (Å²) in [6, 6.07) is 95.0. The zero-order valence-electron chi connectivity index (χ0n) is 39.1. The van der Waals surface area contributed by atoms with Gasteiger partial charge in [-0.25, -0.2) is 0 Å². The van der Waals surface area contributed by atoms with Crippen LogP contribution in [0.25, 0.3) is 0 Å². The van der Waals surface area contributed by atoms with Crippen LogP contribution in [0.1, 0.15) is 36.0 Å². The van der Waals surface area contributed by atoms with Crippen LogP contribution in [0, 0.1) is 0 Å². The summed E-state index contributed by atoms with van der Waals surface area (Å²) >= 11 is 0. The highest BCUT2D eigenvalue weighted by molar-refractivity contribution is 7.80. The topological polar surface area (TPSA) is 36.1 Å². The van der Waals surface area contributed by atoms with Gasteiger partial charge in [-0.2, -0.15) is 0 Å². The molecule has 0 saturated heterocycles. The van der Waals surface area contributed by atoms with Gasteiger partial charge in [-0.15, -0.1) is 0 Å². The Morgan fingerprint density at radius 2 is 0.435 bits per heavy atom. The molecule has 0 unspecified atom stereocenters. The highest BCUT2D eigenvalue weighted by atomic mass is 31.1. The number of hydrogen-bond acceptors (Lipinski definition) is 3. The molecule has 6 heteroatoms. The molecule has 9 aromatic rings. The van der Waals surface area contributed by atoms with E-state index in [4.69, 9.17) is 0 Å². The van der Waals surface area contributed by atoms with E-state index in [0.717, 1.165) is 38.9 Å². The van der Waals surface area contributed by atoms with Gasteiger partial charge in [-0.05, 0) is 107 Å². The Labute approximate surface area is 413 Å². The number of rotatable bonds is 18. The van der Waals surface area contributed by atoms with E-state index in [-0.39, 0.29) is 0 Å². The molecular formula is C63H60N3P3. The van der Waals surface area contributed by atoms with Gasteiger partial charge in [0.15, 0.2) is 0 Å². The van der Waals surface area contributed by atoms with E-state index in [1.165, 1.54) is 64.4 Å². The SMILES string of the molecule is c1ccc(P(c2ccccc2)c2ccccc2CNC2CC(NCc3ccccc3P(c3ccccc3)c3ccccc3)CC(NCc3ccccc3P(c3ccccc3)c3ccccc3)C2)cc1. The molecule has 0 spiro atoms. The standard InChI is InChI=1S/C63H60N3P3/c1-7-28-55(29-8-1)67(56-30-9-2-10-31-56)61-40-22-19-25-49(61)46-64-52-43-53(65-47-50-26-20-23-41-62(50)68(57-32-11-3-12-33-57)58-34-13-4-14-35-58)45-54(44-52)66-48-51-27-21-24-42-63(51)69(59-36-15-5-16-37-59)60-38-17-6-18-39-60/h1-42,52-54,64-66H,43-48H2. The second kappa shape index (κ2) is 23.6. The molecule has 0 amide bonds. The first-order valence-corrected chi connectivity index (χ1v) is 28.4. The molecule has 342 valence electrons. The van der Waals surface area contributed by atoms with Crippen LogP contribution in [0.5, 0.6) is 0 Å². The van der Waals surface area contributed by atoms with Gasteiger partial charge in [0.2, 0.25) is 0 Å². The molecule has 0 radical (unpaired) electrons. The Kier molecular flexibility index (Phi) is 16.1. The fraction of sp³-hybridized carbons (Fsp3) is 0.143. The lowest BCUT2D eigenvalue weighted by molar-refractivity contribution is 0.246. The first-order chi connectivity index (χ1) is 34.2. The summed E-state index contributed by atoms with van der Waals surface area (Å²) in [6.07, 6.45) is 3.18. The third kappa shape index (κ3) is 11.8. The second-order valence-corrected chi connectivity index (χ2v) is 24.4. The van der Waals surface area contributed by atoms with Gasteiger partial charge in [-0.3, -0.25) is 0 Å². The van der Waals surface area contributed by atoms with Crippen molar-refractivity contribution in [1.29, 1.82) is 0 Å². The van der Waals surface area contributed by atoms with Crippen LogP contribution in [-0.2, 0) is 19.6 Å². The average molecular weight is 952 g/mol. The van der Waals surface area contributed by atoms with Crippen LogP contribution in [-0.4, -0.2) is 18.1 Å². The van der Waals surface area contributed by atoms with Crippen molar-refractivity contribution in [2.24, 2.45) is 0 Å². The Morgan fingerprint density at radius 1 is 0.246 bits per heavy atom. The fourth-order valence-corrected chi connectivity index (χ4v) is 17.4. The van der Waals surface area contributed by atoms with E-state index < -0.39 is 23.8 Å². The lowest BCUT2D eigenvalue weighted by Crippen LogP contribution is -2.50. The maximum Gasteiger partial charge on any atom is 0.0214 e. The normalized spacial score (nSPS) is 16.0. The molecule has 69 heavy (non-hydrogen) atoms. The zero-order valence-corrected chi connectivity index (χ0v) is 41.7. The molecule has 0 atom stereocenters. The number of hydrogen-bond donors (Lipinski definition) is 3. The van der Waals surface area contributed by atoms with Gasteiger partial charge >= 0.3 is 0 Å². The summed E-state index contributed by atoms with van der Waals surface area (Å²) in [5.41, 5.74) is 4.14. The third-order valence-corrected chi connectivity index (χ3v) is 20.9. The number of nitrogens with one attached hydrogen (secondary N) is 3. The molecule has 0 aromatic heterocycles. The van der Waals surface area contributed by atoms with Crippen molar-refractivity contribution in [2.45, 2.75) is 57.0 Å². The molecule has 1 saturated carbocycles. The molecule has 1 fully saturated rings. The largest absolute Gasteiger partial charge is 0.310 e. The lowest BCUT2D eigenvalue weighted by atomic mass is 9.86. The zero-order chi connectivity index (χ0) is 46.5. The van der Waals surface area contributed by atoms with Crippen LogP contribution in [0.4, 0.5) is 0 Å². The molecule has 3 N–H and O–H groups in total. The van der Waals surface area contributed by atoms with Crippen molar-refractivity contribution in [3.05, 3.63) is 271 Å². The molecule has 0 bridgehead atoms. The van der Waals surface area contributed by atoms with Gasteiger partial charge in [0, 0.05) is 37.8 Å². The maximum absolute atomic E-state index is 4.17. The monoisotopic (exact) mass is 951 g/mol. The van der Waals surface area contributed by atoms with Crippen LogP contribution < -0.4 is 63.7 Å². The van der Waals surface area contributed by atoms with Gasteiger partial charge < -0.3 is 16.0 Å². The van der Waals surface area contributed by atoms with E-state index >= 15 is 0 Å². The Bertz CT molecular complexity index is 2510.